The molecule has 0 aliphatic heterocycles. The fourth-order valence-electron chi connectivity index (χ4n) is 1.61. The molecule has 2 aromatic rings. The summed E-state index contributed by atoms with van der Waals surface area (Å²) in [6.07, 6.45) is 4.57. The van der Waals surface area contributed by atoms with E-state index < -0.39 is 0 Å². The third-order valence-electron chi connectivity index (χ3n) is 2.56. The number of alkyl halides is 1. The average molecular weight is 247 g/mol. The zero-order chi connectivity index (χ0) is 11.9. The fraction of sp³-hybridized carbons (Fsp3) is 0.214. The highest BCUT2D eigenvalue weighted by molar-refractivity contribution is 6.17. The SMILES string of the molecule is ClCCc1ccc(NCc2cccnc2)cc1. The molecule has 88 valence electrons. The predicted molar refractivity (Wildman–Crippen MR) is 72.4 cm³/mol. The molecule has 0 atom stereocenters. The minimum Gasteiger partial charge on any atom is -0.381 e. The molecule has 17 heavy (non-hydrogen) atoms. The lowest BCUT2D eigenvalue weighted by molar-refractivity contribution is 1.11. The van der Waals surface area contributed by atoms with Crippen LogP contribution in [0.5, 0.6) is 0 Å². The van der Waals surface area contributed by atoms with Gasteiger partial charge in [0.05, 0.1) is 0 Å². The van der Waals surface area contributed by atoms with E-state index in [-0.39, 0.29) is 0 Å². The molecular formula is C14H15ClN2. The summed E-state index contributed by atoms with van der Waals surface area (Å²) in [5, 5.41) is 3.36. The summed E-state index contributed by atoms with van der Waals surface area (Å²) in [4.78, 5) is 4.08. The first-order valence-corrected chi connectivity index (χ1v) is 6.19. The number of benzene rings is 1. The van der Waals surface area contributed by atoms with Gasteiger partial charge in [-0.25, -0.2) is 0 Å². The minimum atomic E-state index is 0.669. The predicted octanol–water partition coefficient (Wildman–Crippen LogP) is 3.48. The first kappa shape index (κ1) is 11.9. The highest BCUT2D eigenvalue weighted by Crippen LogP contribution is 2.11. The van der Waals surface area contributed by atoms with Crippen molar-refractivity contribution >= 4 is 17.3 Å². The van der Waals surface area contributed by atoms with Crippen LogP contribution in [0, 0.1) is 0 Å². The van der Waals surface area contributed by atoms with E-state index in [4.69, 9.17) is 11.6 Å². The molecule has 0 radical (unpaired) electrons. The van der Waals surface area contributed by atoms with Crippen molar-refractivity contribution < 1.29 is 0 Å². The molecule has 0 spiro atoms. The van der Waals surface area contributed by atoms with Crippen molar-refractivity contribution in [2.45, 2.75) is 13.0 Å². The lowest BCUT2D eigenvalue weighted by atomic mass is 10.1. The number of nitrogens with one attached hydrogen (secondary N) is 1. The van der Waals surface area contributed by atoms with E-state index in [1.165, 1.54) is 11.1 Å². The number of hydrogen-bond donors (Lipinski definition) is 1. The number of nitrogens with zero attached hydrogens (tertiary/aromatic N) is 1. The van der Waals surface area contributed by atoms with Gasteiger partial charge in [-0.05, 0) is 35.7 Å². The second-order valence-electron chi connectivity index (χ2n) is 3.85. The van der Waals surface area contributed by atoms with E-state index >= 15 is 0 Å². The molecule has 2 rings (SSSR count). The number of rotatable bonds is 5. The second kappa shape index (κ2) is 6.26. The number of anilines is 1. The zero-order valence-corrected chi connectivity index (χ0v) is 10.3. The average Bonchev–Trinajstić information content (AvgIpc) is 2.40. The number of aromatic nitrogens is 1. The quantitative estimate of drug-likeness (QED) is 0.818. The van der Waals surface area contributed by atoms with Gasteiger partial charge < -0.3 is 5.32 Å². The molecule has 0 aliphatic rings. The smallest absolute Gasteiger partial charge is 0.0416 e. The highest BCUT2D eigenvalue weighted by Gasteiger charge is 1.95. The molecule has 1 aromatic carbocycles. The molecule has 0 saturated heterocycles. The molecule has 1 heterocycles. The van der Waals surface area contributed by atoms with Gasteiger partial charge >= 0.3 is 0 Å². The van der Waals surface area contributed by atoms with E-state index in [9.17, 15) is 0 Å². The fourth-order valence-corrected chi connectivity index (χ4v) is 1.82. The summed E-state index contributed by atoms with van der Waals surface area (Å²) < 4.78 is 0. The van der Waals surface area contributed by atoms with Gasteiger partial charge in [0, 0.05) is 30.5 Å². The van der Waals surface area contributed by atoms with Gasteiger partial charge in [0.25, 0.3) is 0 Å². The minimum absolute atomic E-state index is 0.669. The van der Waals surface area contributed by atoms with Crippen LogP contribution in [0.1, 0.15) is 11.1 Å². The molecular weight excluding hydrogens is 232 g/mol. The van der Waals surface area contributed by atoms with E-state index in [1.54, 1.807) is 6.20 Å². The maximum absolute atomic E-state index is 5.69. The van der Waals surface area contributed by atoms with Crippen LogP contribution in [-0.2, 0) is 13.0 Å². The number of aryl methyl sites for hydroxylation is 1. The molecule has 0 bridgehead atoms. The standard InChI is InChI=1S/C14H15ClN2/c15-8-7-12-3-5-14(6-4-12)17-11-13-2-1-9-16-10-13/h1-6,9-10,17H,7-8,11H2. The van der Waals surface area contributed by atoms with E-state index in [0.717, 1.165) is 18.7 Å². The van der Waals surface area contributed by atoms with E-state index in [1.807, 2.05) is 12.3 Å². The molecule has 3 heteroatoms. The Labute approximate surface area is 107 Å². The van der Waals surface area contributed by atoms with Gasteiger partial charge in [-0.1, -0.05) is 18.2 Å². The second-order valence-corrected chi connectivity index (χ2v) is 4.23. The Balaban J connectivity index is 1.91. The summed E-state index contributed by atoms with van der Waals surface area (Å²) in [6.45, 7) is 0.794. The Morgan fingerprint density at radius 1 is 1.06 bits per heavy atom. The molecule has 2 nitrogen and oxygen atoms in total. The molecule has 1 aromatic heterocycles. The Kier molecular flexibility index (Phi) is 4.39. The molecule has 0 saturated carbocycles. The molecule has 1 N–H and O–H groups in total. The maximum atomic E-state index is 5.69. The number of hydrogen-bond acceptors (Lipinski definition) is 2. The van der Waals surface area contributed by atoms with Crippen LogP contribution in [0.4, 0.5) is 5.69 Å². The van der Waals surface area contributed by atoms with Crippen molar-refractivity contribution in [1.29, 1.82) is 0 Å². The van der Waals surface area contributed by atoms with Gasteiger partial charge in [-0.2, -0.15) is 0 Å². The van der Waals surface area contributed by atoms with Gasteiger partial charge in [0.15, 0.2) is 0 Å². The molecule has 0 aliphatic carbocycles. The largest absolute Gasteiger partial charge is 0.381 e. The number of pyridine rings is 1. The first-order valence-electron chi connectivity index (χ1n) is 5.66. The molecule has 0 unspecified atom stereocenters. The molecule has 0 amide bonds. The van der Waals surface area contributed by atoms with Crippen molar-refractivity contribution in [1.82, 2.24) is 4.98 Å². The van der Waals surface area contributed by atoms with Crippen molar-refractivity contribution in [2.75, 3.05) is 11.2 Å². The topological polar surface area (TPSA) is 24.9 Å². The maximum Gasteiger partial charge on any atom is 0.0416 e. The monoisotopic (exact) mass is 246 g/mol. The summed E-state index contributed by atoms with van der Waals surface area (Å²) in [5.41, 5.74) is 3.57. The summed E-state index contributed by atoms with van der Waals surface area (Å²) >= 11 is 5.69. The Morgan fingerprint density at radius 3 is 2.53 bits per heavy atom. The lowest BCUT2D eigenvalue weighted by Gasteiger charge is -2.07. The Morgan fingerprint density at radius 2 is 1.88 bits per heavy atom. The van der Waals surface area contributed by atoms with Gasteiger partial charge in [-0.15, -0.1) is 11.6 Å². The van der Waals surface area contributed by atoms with Crippen LogP contribution in [0.3, 0.4) is 0 Å². The van der Waals surface area contributed by atoms with Gasteiger partial charge in [0.2, 0.25) is 0 Å². The Bertz CT molecular complexity index is 440. The normalized spacial score (nSPS) is 10.2. The highest BCUT2D eigenvalue weighted by atomic mass is 35.5. The van der Waals surface area contributed by atoms with Crippen LogP contribution in [0.15, 0.2) is 48.8 Å². The van der Waals surface area contributed by atoms with Crippen LogP contribution in [-0.4, -0.2) is 10.9 Å². The zero-order valence-electron chi connectivity index (χ0n) is 9.57. The summed E-state index contributed by atoms with van der Waals surface area (Å²) in [6, 6.07) is 12.4. The lowest BCUT2D eigenvalue weighted by Crippen LogP contribution is -1.99. The summed E-state index contributed by atoms with van der Waals surface area (Å²) in [7, 11) is 0. The van der Waals surface area contributed by atoms with Gasteiger partial charge in [0.1, 0.15) is 0 Å². The first-order chi connectivity index (χ1) is 8.38. The van der Waals surface area contributed by atoms with E-state index in [2.05, 4.69) is 40.6 Å². The van der Waals surface area contributed by atoms with Gasteiger partial charge in [-0.3, -0.25) is 4.98 Å². The van der Waals surface area contributed by atoms with Crippen molar-refractivity contribution in [3.05, 3.63) is 59.9 Å². The van der Waals surface area contributed by atoms with Crippen LogP contribution >= 0.6 is 11.6 Å². The summed E-state index contributed by atoms with van der Waals surface area (Å²) in [5.74, 6) is 0.669. The van der Waals surface area contributed by atoms with Crippen molar-refractivity contribution in [2.24, 2.45) is 0 Å². The third kappa shape index (κ3) is 3.75. The van der Waals surface area contributed by atoms with Crippen LogP contribution in [0.25, 0.3) is 0 Å². The number of halogens is 1. The Hall–Kier alpha value is -1.54. The van der Waals surface area contributed by atoms with Crippen LogP contribution in [0.2, 0.25) is 0 Å². The van der Waals surface area contributed by atoms with Crippen molar-refractivity contribution in [3.63, 3.8) is 0 Å². The van der Waals surface area contributed by atoms with Crippen LogP contribution < -0.4 is 5.32 Å². The van der Waals surface area contributed by atoms with E-state index in [0.29, 0.717) is 5.88 Å². The molecule has 0 fully saturated rings. The van der Waals surface area contributed by atoms with Crippen molar-refractivity contribution in [3.8, 4) is 0 Å². The third-order valence-corrected chi connectivity index (χ3v) is 2.75.